The summed E-state index contributed by atoms with van der Waals surface area (Å²) in [5.74, 6) is -0.280. The number of carbonyl (C=O) groups is 1. The first-order valence-corrected chi connectivity index (χ1v) is 7.22. The van der Waals surface area contributed by atoms with E-state index in [1.54, 1.807) is 6.20 Å². The second kappa shape index (κ2) is 5.74. The monoisotopic (exact) mass is 333 g/mol. The first-order chi connectivity index (χ1) is 11.3. The molecular weight excluding hydrogens is 319 g/mol. The summed E-state index contributed by atoms with van der Waals surface area (Å²) in [5.41, 5.74) is 1.37. The van der Waals surface area contributed by atoms with Crippen molar-refractivity contribution in [3.8, 4) is 0 Å². The molecule has 0 aliphatic heterocycles. The zero-order valence-electron chi connectivity index (χ0n) is 13.1. The SMILES string of the molecule is Cc1ccc2c(c1)c(C(=O)Cc1cc(C(F)(F)F)ncn1)cn2C. The van der Waals surface area contributed by atoms with E-state index in [9.17, 15) is 18.0 Å². The Balaban J connectivity index is 1.95. The van der Waals surface area contributed by atoms with Gasteiger partial charge in [0.25, 0.3) is 0 Å². The lowest BCUT2D eigenvalue weighted by atomic mass is 10.0. The lowest BCUT2D eigenvalue weighted by Gasteiger charge is -2.06. The highest BCUT2D eigenvalue weighted by Gasteiger charge is 2.33. The van der Waals surface area contributed by atoms with E-state index in [2.05, 4.69) is 9.97 Å². The lowest BCUT2D eigenvalue weighted by molar-refractivity contribution is -0.141. The number of halogens is 3. The van der Waals surface area contributed by atoms with Gasteiger partial charge in [-0.05, 0) is 25.1 Å². The van der Waals surface area contributed by atoms with Gasteiger partial charge in [0, 0.05) is 29.7 Å². The zero-order valence-corrected chi connectivity index (χ0v) is 13.1. The Kier molecular flexibility index (Phi) is 3.87. The smallest absolute Gasteiger partial charge is 0.350 e. The van der Waals surface area contributed by atoms with E-state index in [1.165, 1.54) is 0 Å². The van der Waals surface area contributed by atoms with Gasteiger partial charge in [-0.25, -0.2) is 9.97 Å². The molecule has 7 heteroatoms. The highest BCUT2D eigenvalue weighted by atomic mass is 19.4. The summed E-state index contributed by atoms with van der Waals surface area (Å²) in [6.07, 6.45) is -2.24. The van der Waals surface area contributed by atoms with Crippen molar-refractivity contribution in [2.75, 3.05) is 0 Å². The first-order valence-electron chi connectivity index (χ1n) is 7.22. The van der Waals surface area contributed by atoms with Crippen molar-refractivity contribution in [2.45, 2.75) is 19.5 Å². The van der Waals surface area contributed by atoms with E-state index in [0.29, 0.717) is 5.56 Å². The van der Waals surface area contributed by atoms with Crippen LogP contribution in [0.3, 0.4) is 0 Å². The molecule has 24 heavy (non-hydrogen) atoms. The third kappa shape index (κ3) is 3.02. The fourth-order valence-electron chi connectivity index (χ4n) is 2.64. The molecule has 0 aliphatic rings. The number of nitrogens with zero attached hydrogens (tertiary/aromatic N) is 3. The van der Waals surface area contributed by atoms with Crippen LogP contribution < -0.4 is 0 Å². The molecular formula is C17H14F3N3O. The molecule has 0 atom stereocenters. The average molecular weight is 333 g/mol. The van der Waals surface area contributed by atoms with Gasteiger partial charge in [-0.15, -0.1) is 0 Å². The number of ketones is 1. The van der Waals surface area contributed by atoms with Crippen LogP contribution in [-0.2, 0) is 19.6 Å². The Morgan fingerprint density at radius 2 is 1.96 bits per heavy atom. The molecule has 0 saturated carbocycles. The number of hydrogen-bond acceptors (Lipinski definition) is 3. The molecule has 2 heterocycles. The Labute approximate surface area is 136 Å². The summed E-state index contributed by atoms with van der Waals surface area (Å²) in [5, 5.41) is 0.785. The molecule has 0 aliphatic carbocycles. The van der Waals surface area contributed by atoms with Gasteiger partial charge < -0.3 is 4.57 Å². The summed E-state index contributed by atoms with van der Waals surface area (Å²) in [4.78, 5) is 19.5. The van der Waals surface area contributed by atoms with E-state index >= 15 is 0 Å². The second-order valence-corrected chi connectivity index (χ2v) is 5.67. The van der Waals surface area contributed by atoms with Crippen LogP contribution in [-0.4, -0.2) is 20.3 Å². The summed E-state index contributed by atoms with van der Waals surface area (Å²) in [6.45, 7) is 1.92. The molecule has 0 N–H and O–H groups in total. The normalized spacial score (nSPS) is 11.9. The van der Waals surface area contributed by atoms with Crippen LogP contribution in [0.25, 0.3) is 10.9 Å². The summed E-state index contributed by atoms with van der Waals surface area (Å²) < 4.78 is 39.9. The van der Waals surface area contributed by atoms with Crippen LogP contribution in [0.1, 0.15) is 27.3 Å². The minimum absolute atomic E-state index is 0.0481. The lowest BCUT2D eigenvalue weighted by Crippen LogP contribution is -2.11. The number of hydrogen-bond donors (Lipinski definition) is 0. The van der Waals surface area contributed by atoms with Gasteiger partial charge in [-0.2, -0.15) is 13.2 Å². The van der Waals surface area contributed by atoms with Crippen molar-refractivity contribution in [1.82, 2.24) is 14.5 Å². The molecule has 0 bridgehead atoms. The van der Waals surface area contributed by atoms with Gasteiger partial charge in [0.1, 0.15) is 12.0 Å². The number of alkyl halides is 3. The number of Topliss-reactive ketones (excluding diaryl/α,β-unsaturated/α-hetero) is 1. The molecule has 0 unspecified atom stereocenters. The molecule has 2 aromatic heterocycles. The predicted molar refractivity (Wildman–Crippen MR) is 82.7 cm³/mol. The standard InChI is InChI=1S/C17H14F3N3O/c1-10-3-4-14-12(5-10)13(8-23(14)2)15(24)6-11-7-16(17(18,19)20)22-9-21-11/h3-5,7-9H,6H2,1-2H3. The number of fused-ring (bicyclic) bond motifs is 1. The minimum Gasteiger partial charge on any atom is -0.350 e. The van der Waals surface area contributed by atoms with Gasteiger partial charge in [0.2, 0.25) is 0 Å². The maximum absolute atomic E-state index is 12.7. The van der Waals surface area contributed by atoms with Crippen LogP contribution in [0.15, 0.2) is 36.8 Å². The second-order valence-electron chi connectivity index (χ2n) is 5.67. The van der Waals surface area contributed by atoms with Crippen molar-refractivity contribution in [3.63, 3.8) is 0 Å². The highest BCUT2D eigenvalue weighted by Crippen LogP contribution is 2.28. The predicted octanol–water partition coefficient (Wildman–Crippen LogP) is 3.72. The van der Waals surface area contributed by atoms with E-state index in [4.69, 9.17) is 0 Å². The fraction of sp³-hybridized carbons (Fsp3) is 0.235. The van der Waals surface area contributed by atoms with Crippen molar-refractivity contribution in [1.29, 1.82) is 0 Å². The Bertz CT molecular complexity index is 928. The summed E-state index contributed by atoms with van der Waals surface area (Å²) in [6, 6.07) is 6.56. The molecule has 3 rings (SSSR count). The molecule has 0 spiro atoms. The van der Waals surface area contributed by atoms with E-state index < -0.39 is 11.9 Å². The van der Waals surface area contributed by atoms with Crippen LogP contribution >= 0.6 is 0 Å². The van der Waals surface area contributed by atoms with Gasteiger partial charge in [0.15, 0.2) is 5.78 Å². The van der Waals surface area contributed by atoms with Crippen LogP contribution in [0, 0.1) is 6.92 Å². The number of carbonyl (C=O) groups excluding carboxylic acids is 1. The molecule has 4 nitrogen and oxygen atoms in total. The molecule has 3 aromatic rings. The van der Waals surface area contributed by atoms with Crippen molar-refractivity contribution in [3.05, 3.63) is 59.3 Å². The maximum atomic E-state index is 12.7. The molecule has 0 amide bonds. The molecule has 0 fully saturated rings. The summed E-state index contributed by atoms with van der Waals surface area (Å²) in [7, 11) is 1.82. The molecule has 0 saturated heterocycles. The van der Waals surface area contributed by atoms with Gasteiger partial charge in [-0.1, -0.05) is 11.6 Å². The van der Waals surface area contributed by atoms with E-state index in [-0.39, 0.29) is 17.9 Å². The number of benzene rings is 1. The van der Waals surface area contributed by atoms with E-state index in [1.807, 2.05) is 36.7 Å². The number of rotatable bonds is 3. The molecule has 124 valence electrons. The fourth-order valence-corrected chi connectivity index (χ4v) is 2.64. The molecule has 1 aromatic carbocycles. The largest absolute Gasteiger partial charge is 0.433 e. The Morgan fingerprint density at radius 1 is 1.21 bits per heavy atom. The minimum atomic E-state index is -4.56. The van der Waals surface area contributed by atoms with E-state index in [0.717, 1.165) is 28.9 Å². The average Bonchev–Trinajstić information content (AvgIpc) is 2.83. The van der Waals surface area contributed by atoms with Crippen molar-refractivity contribution >= 4 is 16.7 Å². The van der Waals surface area contributed by atoms with Gasteiger partial charge in [-0.3, -0.25) is 4.79 Å². The topological polar surface area (TPSA) is 47.8 Å². The third-order valence-corrected chi connectivity index (χ3v) is 3.80. The highest BCUT2D eigenvalue weighted by molar-refractivity contribution is 6.08. The maximum Gasteiger partial charge on any atom is 0.433 e. The van der Waals surface area contributed by atoms with Crippen LogP contribution in [0.5, 0.6) is 0 Å². The quantitative estimate of drug-likeness (QED) is 0.686. The van der Waals surface area contributed by atoms with Gasteiger partial charge in [0.05, 0.1) is 12.1 Å². The van der Waals surface area contributed by atoms with Crippen LogP contribution in [0.2, 0.25) is 0 Å². The van der Waals surface area contributed by atoms with Gasteiger partial charge >= 0.3 is 6.18 Å². The van der Waals surface area contributed by atoms with Crippen molar-refractivity contribution in [2.24, 2.45) is 7.05 Å². The number of aromatic nitrogens is 3. The van der Waals surface area contributed by atoms with Crippen molar-refractivity contribution < 1.29 is 18.0 Å². The Hall–Kier alpha value is -2.70. The van der Waals surface area contributed by atoms with Crippen LogP contribution in [0.4, 0.5) is 13.2 Å². The molecule has 0 radical (unpaired) electrons. The Morgan fingerprint density at radius 3 is 2.67 bits per heavy atom. The first kappa shape index (κ1) is 16.2. The summed E-state index contributed by atoms with van der Waals surface area (Å²) >= 11 is 0. The third-order valence-electron chi connectivity index (χ3n) is 3.80. The zero-order chi connectivity index (χ0) is 17.5. The number of aryl methyl sites for hydroxylation is 2.